The van der Waals surface area contributed by atoms with Crippen LogP contribution in [0.5, 0.6) is 5.75 Å². The van der Waals surface area contributed by atoms with Gasteiger partial charge in [0, 0.05) is 39.3 Å². The summed E-state index contributed by atoms with van der Waals surface area (Å²) in [5.41, 5.74) is 0.772. The normalized spacial score (nSPS) is 14.5. The molecule has 0 radical (unpaired) electrons. The molecule has 6 nitrogen and oxygen atoms in total. The molecule has 29 heavy (non-hydrogen) atoms. The quantitative estimate of drug-likeness (QED) is 0.749. The number of piperazine rings is 1. The Labute approximate surface area is 170 Å². The van der Waals surface area contributed by atoms with Crippen LogP contribution in [0.2, 0.25) is 0 Å². The highest BCUT2D eigenvalue weighted by Gasteiger charge is 2.25. The molecule has 0 atom stereocenters. The Bertz CT molecular complexity index is 823. The maximum atomic E-state index is 13.4. The molecule has 2 amide bonds. The minimum atomic E-state index is -0.372. The predicted octanol–water partition coefficient (Wildman–Crippen LogP) is 2.99. The largest absolute Gasteiger partial charge is 0.415 e. The zero-order chi connectivity index (χ0) is 20.6. The van der Waals surface area contributed by atoms with Crippen LogP contribution < -0.4 is 4.74 Å². The van der Waals surface area contributed by atoms with Crippen molar-refractivity contribution in [1.29, 1.82) is 0 Å². The minimum absolute atomic E-state index is 0.00271. The van der Waals surface area contributed by atoms with E-state index in [0.29, 0.717) is 45.0 Å². The third-order valence-corrected chi connectivity index (χ3v) is 4.93. The van der Waals surface area contributed by atoms with E-state index in [-0.39, 0.29) is 24.4 Å². The third kappa shape index (κ3) is 6.02. The first-order valence-corrected chi connectivity index (χ1v) is 9.81. The van der Waals surface area contributed by atoms with E-state index in [4.69, 9.17) is 4.74 Å². The Morgan fingerprint density at radius 2 is 1.76 bits per heavy atom. The van der Waals surface area contributed by atoms with Crippen LogP contribution in [0.4, 0.5) is 9.18 Å². The molecule has 7 heteroatoms. The molecule has 0 saturated carbocycles. The zero-order valence-electron chi connectivity index (χ0n) is 16.6. The number of halogens is 1. The molecule has 1 saturated heterocycles. The van der Waals surface area contributed by atoms with E-state index >= 15 is 0 Å². The fraction of sp³-hybridized carbons (Fsp3) is 0.364. The fourth-order valence-corrected chi connectivity index (χ4v) is 3.27. The molecule has 0 bridgehead atoms. The lowest BCUT2D eigenvalue weighted by molar-refractivity contribution is -0.133. The lowest BCUT2D eigenvalue weighted by Gasteiger charge is -2.34. The van der Waals surface area contributed by atoms with Gasteiger partial charge in [-0.25, -0.2) is 9.18 Å². The standard InChI is InChI=1S/C22H26FN3O3/c1-2-25(16-18-7-6-8-19(23)15-18)21(27)17-24-11-13-26(14-12-24)22(28)29-20-9-4-3-5-10-20/h3-10,15H,2,11-14,16-17H2,1H3. The second-order valence-electron chi connectivity index (χ2n) is 6.98. The summed E-state index contributed by atoms with van der Waals surface area (Å²) in [5, 5.41) is 0. The molecule has 2 aromatic carbocycles. The van der Waals surface area contributed by atoms with E-state index in [0.717, 1.165) is 5.56 Å². The highest BCUT2D eigenvalue weighted by molar-refractivity contribution is 5.78. The summed E-state index contributed by atoms with van der Waals surface area (Å²) in [7, 11) is 0. The van der Waals surface area contributed by atoms with Crippen LogP contribution in [0.25, 0.3) is 0 Å². The van der Waals surface area contributed by atoms with Crippen molar-refractivity contribution in [1.82, 2.24) is 14.7 Å². The van der Waals surface area contributed by atoms with Gasteiger partial charge in [-0.3, -0.25) is 9.69 Å². The van der Waals surface area contributed by atoms with Crippen LogP contribution >= 0.6 is 0 Å². The molecule has 0 unspecified atom stereocenters. The maximum absolute atomic E-state index is 13.4. The number of carbonyl (C=O) groups excluding carboxylic acids is 2. The average Bonchev–Trinajstić information content (AvgIpc) is 2.73. The fourth-order valence-electron chi connectivity index (χ4n) is 3.27. The molecule has 1 fully saturated rings. The van der Waals surface area contributed by atoms with Crippen LogP contribution in [-0.2, 0) is 11.3 Å². The molecule has 1 heterocycles. The van der Waals surface area contributed by atoms with E-state index in [1.807, 2.05) is 36.1 Å². The van der Waals surface area contributed by atoms with E-state index in [1.165, 1.54) is 12.1 Å². The summed E-state index contributed by atoms with van der Waals surface area (Å²) >= 11 is 0. The molecule has 0 N–H and O–H groups in total. The van der Waals surface area contributed by atoms with Crippen molar-refractivity contribution < 1.29 is 18.7 Å². The van der Waals surface area contributed by atoms with Crippen molar-refractivity contribution in [3.63, 3.8) is 0 Å². The van der Waals surface area contributed by atoms with Crippen molar-refractivity contribution in [2.24, 2.45) is 0 Å². The summed E-state index contributed by atoms with van der Waals surface area (Å²) in [6.45, 7) is 5.36. The number of benzene rings is 2. The maximum Gasteiger partial charge on any atom is 0.415 e. The lowest BCUT2D eigenvalue weighted by atomic mass is 10.2. The molecule has 0 aliphatic carbocycles. The molecule has 0 aromatic heterocycles. The van der Waals surface area contributed by atoms with Gasteiger partial charge in [-0.05, 0) is 36.8 Å². The van der Waals surface area contributed by atoms with E-state index in [2.05, 4.69) is 0 Å². The average molecular weight is 399 g/mol. The summed E-state index contributed by atoms with van der Waals surface area (Å²) < 4.78 is 18.7. The Morgan fingerprint density at radius 3 is 2.41 bits per heavy atom. The molecule has 2 aromatic rings. The van der Waals surface area contributed by atoms with Gasteiger partial charge in [0.1, 0.15) is 11.6 Å². The smallest absolute Gasteiger partial charge is 0.410 e. The first kappa shape index (κ1) is 20.8. The van der Waals surface area contributed by atoms with Gasteiger partial charge in [-0.15, -0.1) is 0 Å². The van der Waals surface area contributed by atoms with Gasteiger partial charge < -0.3 is 14.5 Å². The van der Waals surface area contributed by atoms with Crippen LogP contribution in [0.15, 0.2) is 54.6 Å². The molecular formula is C22H26FN3O3. The zero-order valence-corrected chi connectivity index (χ0v) is 16.6. The molecule has 1 aliphatic heterocycles. The van der Waals surface area contributed by atoms with Crippen molar-refractivity contribution in [3.8, 4) is 5.75 Å². The first-order valence-electron chi connectivity index (χ1n) is 9.81. The number of hydrogen-bond acceptors (Lipinski definition) is 4. The Hall–Kier alpha value is -2.93. The van der Waals surface area contributed by atoms with Crippen molar-refractivity contribution >= 4 is 12.0 Å². The van der Waals surface area contributed by atoms with E-state index in [9.17, 15) is 14.0 Å². The summed E-state index contributed by atoms with van der Waals surface area (Å²) in [6, 6.07) is 15.3. The summed E-state index contributed by atoms with van der Waals surface area (Å²) in [5.74, 6) is 0.215. The van der Waals surface area contributed by atoms with Crippen molar-refractivity contribution in [3.05, 3.63) is 66.0 Å². The number of likely N-dealkylation sites (N-methyl/N-ethyl adjacent to an activating group) is 1. The number of amides is 2. The molecule has 0 spiro atoms. The highest BCUT2D eigenvalue weighted by atomic mass is 19.1. The second-order valence-corrected chi connectivity index (χ2v) is 6.98. The number of hydrogen-bond donors (Lipinski definition) is 0. The molecular weight excluding hydrogens is 373 g/mol. The van der Waals surface area contributed by atoms with Gasteiger partial charge in [-0.1, -0.05) is 30.3 Å². The first-order chi connectivity index (χ1) is 14.0. The van der Waals surface area contributed by atoms with Crippen LogP contribution in [0.3, 0.4) is 0 Å². The van der Waals surface area contributed by atoms with Gasteiger partial charge in [0.25, 0.3) is 0 Å². The number of carbonyl (C=O) groups is 2. The predicted molar refractivity (Wildman–Crippen MR) is 108 cm³/mol. The van der Waals surface area contributed by atoms with Crippen LogP contribution in [0.1, 0.15) is 12.5 Å². The Balaban J connectivity index is 1.46. The summed E-state index contributed by atoms with van der Waals surface area (Å²) in [6.07, 6.45) is -0.372. The Kier molecular flexibility index (Phi) is 7.19. The van der Waals surface area contributed by atoms with Crippen LogP contribution in [-0.4, -0.2) is 66.0 Å². The number of para-hydroxylation sites is 1. The van der Waals surface area contributed by atoms with Gasteiger partial charge in [-0.2, -0.15) is 0 Å². The van der Waals surface area contributed by atoms with Gasteiger partial charge in [0.15, 0.2) is 0 Å². The third-order valence-electron chi connectivity index (χ3n) is 4.93. The van der Waals surface area contributed by atoms with Gasteiger partial charge in [0.2, 0.25) is 5.91 Å². The SMILES string of the molecule is CCN(Cc1cccc(F)c1)C(=O)CN1CCN(C(=O)Oc2ccccc2)CC1. The highest BCUT2D eigenvalue weighted by Crippen LogP contribution is 2.12. The Morgan fingerprint density at radius 1 is 1.03 bits per heavy atom. The van der Waals surface area contributed by atoms with Gasteiger partial charge >= 0.3 is 6.09 Å². The van der Waals surface area contributed by atoms with E-state index in [1.54, 1.807) is 28.0 Å². The van der Waals surface area contributed by atoms with Gasteiger partial charge in [0.05, 0.1) is 6.54 Å². The molecule has 154 valence electrons. The topological polar surface area (TPSA) is 53.1 Å². The monoisotopic (exact) mass is 399 g/mol. The molecule has 3 rings (SSSR count). The second kappa shape index (κ2) is 10.0. The van der Waals surface area contributed by atoms with E-state index < -0.39 is 0 Å². The van der Waals surface area contributed by atoms with Crippen LogP contribution in [0, 0.1) is 5.82 Å². The minimum Gasteiger partial charge on any atom is -0.410 e. The number of rotatable bonds is 6. The summed E-state index contributed by atoms with van der Waals surface area (Å²) in [4.78, 5) is 30.3. The van der Waals surface area contributed by atoms with Crippen molar-refractivity contribution in [2.45, 2.75) is 13.5 Å². The lowest BCUT2D eigenvalue weighted by Crippen LogP contribution is -2.52. The number of nitrogens with zero attached hydrogens (tertiary/aromatic N) is 3. The number of ether oxygens (including phenoxy) is 1. The molecule has 1 aliphatic rings. The van der Waals surface area contributed by atoms with Crippen molar-refractivity contribution in [2.75, 3.05) is 39.3 Å².